The zero-order valence-corrected chi connectivity index (χ0v) is 14.1. The molecule has 0 heterocycles. The lowest BCUT2D eigenvalue weighted by Crippen LogP contribution is -2.28. The van der Waals surface area contributed by atoms with Crippen molar-refractivity contribution >= 4 is 5.91 Å². The van der Waals surface area contributed by atoms with Crippen LogP contribution >= 0.6 is 0 Å². The minimum Gasteiger partial charge on any atom is -0.379 e. The van der Waals surface area contributed by atoms with E-state index in [9.17, 15) is 4.79 Å². The maximum absolute atomic E-state index is 11.5. The average Bonchev–Trinajstić information content (AvgIpc) is 2.52. The number of carbonyl (C=O) groups excluding carboxylic acids is 1. The van der Waals surface area contributed by atoms with Gasteiger partial charge in [-0.05, 0) is 26.6 Å². The van der Waals surface area contributed by atoms with Gasteiger partial charge in [0.1, 0.15) is 0 Å². The molecule has 132 valence electrons. The van der Waals surface area contributed by atoms with Crippen molar-refractivity contribution in [1.29, 1.82) is 0 Å². The van der Waals surface area contributed by atoms with Gasteiger partial charge in [-0.2, -0.15) is 0 Å². The largest absolute Gasteiger partial charge is 0.379 e. The van der Waals surface area contributed by atoms with Gasteiger partial charge in [0, 0.05) is 19.5 Å². The summed E-state index contributed by atoms with van der Waals surface area (Å²) in [6.45, 7) is 8.84. The molecule has 1 amide bonds. The van der Waals surface area contributed by atoms with Crippen LogP contribution in [0.5, 0.6) is 0 Å². The topological polar surface area (TPSA) is 80.9 Å². The molecule has 0 aromatic heterocycles. The van der Waals surface area contributed by atoms with E-state index in [1.165, 1.54) is 0 Å². The van der Waals surface area contributed by atoms with Crippen molar-refractivity contribution in [3.05, 3.63) is 0 Å². The Kier molecular flexibility index (Phi) is 17.7. The third kappa shape index (κ3) is 17.3. The van der Waals surface area contributed by atoms with Crippen molar-refractivity contribution in [3.63, 3.8) is 0 Å². The third-order valence-corrected chi connectivity index (χ3v) is 2.82. The number of likely N-dealkylation sites (N-methyl/N-ethyl adjacent to an activating group) is 1. The van der Waals surface area contributed by atoms with Crippen molar-refractivity contribution in [2.45, 2.75) is 19.8 Å². The van der Waals surface area contributed by atoms with Crippen LogP contribution in [-0.2, 0) is 19.0 Å². The van der Waals surface area contributed by atoms with Gasteiger partial charge in [0.05, 0.1) is 39.6 Å². The second kappa shape index (κ2) is 18.3. The summed E-state index contributed by atoms with van der Waals surface area (Å²) in [6.07, 6.45) is 1.35. The summed E-state index contributed by atoms with van der Waals surface area (Å²) in [4.78, 5) is 11.5. The maximum Gasteiger partial charge on any atom is 0.222 e. The van der Waals surface area contributed by atoms with E-state index in [1.54, 1.807) is 0 Å². The van der Waals surface area contributed by atoms with Crippen LogP contribution < -0.4 is 16.0 Å². The van der Waals surface area contributed by atoms with Crippen LogP contribution in [0.25, 0.3) is 0 Å². The lowest BCUT2D eigenvalue weighted by Gasteiger charge is -2.07. The Morgan fingerprint density at radius 2 is 1.50 bits per heavy atom. The fourth-order valence-corrected chi connectivity index (χ4v) is 1.59. The summed E-state index contributed by atoms with van der Waals surface area (Å²) in [7, 11) is 1.89. The van der Waals surface area contributed by atoms with Crippen molar-refractivity contribution in [3.8, 4) is 0 Å². The molecule has 22 heavy (non-hydrogen) atoms. The first-order valence-corrected chi connectivity index (χ1v) is 8.16. The molecule has 0 spiro atoms. The standard InChI is InChI=1S/C15H33N3O4/c1-3-17-6-4-7-18-15(19)5-9-20-11-13-22-14-12-21-10-8-16-2/h16-17H,3-14H2,1-2H3,(H,18,19). The number of nitrogens with one attached hydrogen (secondary N) is 3. The maximum atomic E-state index is 11.5. The number of carbonyl (C=O) groups is 1. The van der Waals surface area contributed by atoms with Crippen LogP contribution in [0.15, 0.2) is 0 Å². The second-order valence-corrected chi connectivity index (χ2v) is 4.75. The van der Waals surface area contributed by atoms with Gasteiger partial charge >= 0.3 is 0 Å². The van der Waals surface area contributed by atoms with Gasteiger partial charge in [-0.15, -0.1) is 0 Å². The Morgan fingerprint density at radius 1 is 0.864 bits per heavy atom. The summed E-state index contributed by atoms with van der Waals surface area (Å²) in [5.41, 5.74) is 0. The number of amides is 1. The molecule has 7 heteroatoms. The first-order chi connectivity index (χ1) is 10.8. The number of hydrogen-bond acceptors (Lipinski definition) is 6. The smallest absolute Gasteiger partial charge is 0.222 e. The van der Waals surface area contributed by atoms with Crippen LogP contribution in [0.1, 0.15) is 19.8 Å². The van der Waals surface area contributed by atoms with Gasteiger partial charge in [0.2, 0.25) is 5.91 Å². The Morgan fingerprint density at radius 3 is 2.14 bits per heavy atom. The quantitative estimate of drug-likeness (QED) is 0.321. The summed E-state index contributed by atoms with van der Waals surface area (Å²) in [5.74, 6) is 0.0374. The van der Waals surface area contributed by atoms with E-state index >= 15 is 0 Å². The highest BCUT2D eigenvalue weighted by atomic mass is 16.5. The summed E-state index contributed by atoms with van der Waals surface area (Å²) in [6, 6.07) is 0. The highest BCUT2D eigenvalue weighted by molar-refractivity contribution is 5.75. The average molecular weight is 319 g/mol. The Labute approximate surface area is 134 Å². The molecular weight excluding hydrogens is 286 g/mol. The SMILES string of the molecule is CCNCCCNC(=O)CCOCCOCCOCCNC. The molecule has 0 radical (unpaired) electrons. The van der Waals surface area contributed by atoms with Gasteiger partial charge in [-0.3, -0.25) is 4.79 Å². The molecule has 0 atom stereocenters. The van der Waals surface area contributed by atoms with Crippen LogP contribution in [0, 0.1) is 0 Å². The summed E-state index contributed by atoms with van der Waals surface area (Å²) >= 11 is 0. The summed E-state index contributed by atoms with van der Waals surface area (Å²) in [5, 5.41) is 9.08. The molecular formula is C15H33N3O4. The van der Waals surface area contributed by atoms with Gasteiger partial charge in [-0.1, -0.05) is 6.92 Å². The zero-order valence-electron chi connectivity index (χ0n) is 14.1. The van der Waals surface area contributed by atoms with Gasteiger partial charge in [-0.25, -0.2) is 0 Å². The molecule has 3 N–H and O–H groups in total. The molecule has 0 aliphatic heterocycles. The van der Waals surface area contributed by atoms with E-state index in [4.69, 9.17) is 14.2 Å². The van der Waals surface area contributed by atoms with Crippen LogP contribution in [-0.4, -0.2) is 78.8 Å². The zero-order chi connectivity index (χ0) is 16.3. The Bertz CT molecular complexity index is 243. The normalized spacial score (nSPS) is 10.8. The lowest BCUT2D eigenvalue weighted by molar-refractivity contribution is -0.122. The van der Waals surface area contributed by atoms with Crippen molar-refractivity contribution in [1.82, 2.24) is 16.0 Å². The predicted octanol–water partition coefficient (Wildman–Crippen LogP) is -0.238. The monoisotopic (exact) mass is 319 g/mol. The molecule has 0 saturated carbocycles. The van der Waals surface area contributed by atoms with Crippen LogP contribution in [0.2, 0.25) is 0 Å². The molecule has 0 aromatic rings. The first-order valence-electron chi connectivity index (χ1n) is 8.16. The number of rotatable bonds is 17. The molecule has 0 rings (SSSR count). The van der Waals surface area contributed by atoms with Crippen LogP contribution in [0.4, 0.5) is 0 Å². The van der Waals surface area contributed by atoms with Crippen LogP contribution in [0.3, 0.4) is 0 Å². The molecule has 0 bridgehead atoms. The molecule has 0 fully saturated rings. The minimum absolute atomic E-state index is 0.0374. The molecule has 7 nitrogen and oxygen atoms in total. The van der Waals surface area contributed by atoms with E-state index in [0.717, 1.165) is 26.1 Å². The fourth-order valence-electron chi connectivity index (χ4n) is 1.59. The molecule has 0 saturated heterocycles. The summed E-state index contributed by atoms with van der Waals surface area (Å²) < 4.78 is 16.0. The highest BCUT2D eigenvalue weighted by Gasteiger charge is 2.00. The minimum atomic E-state index is 0.0374. The number of hydrogen-bond donors (Lipinski definition) is 3. The van der Waals surface area contributed by atoms with E-state index in [2.05, 4.69) is 22.9 Å². The van der Waals surface area contributed by atoms with Gasteiger partial charge in [0.15, 0.2) is 0 Å². The fraction of sp³-hybridized carbons (Fsp3) is 0.933. The lowest BCUT2D eigenvalue weighted by atomic mass is 10.3. The third-order valence-electron chi connectivity index (χ3n) is 2.82. The van der Waals surface area contributed by atoms with E-state index in [1.807, 2.05) is 7.05 Å². The van der Waals surface area contributed by atoms with E-state index in [-0.39, 0.29) is 5.91 Å². The van der Waals surface area contributed by atoms with Crippen molar-refractivity contribution < 1.29 is 19.0 Å². The van der Waals surface area contributed by atoms with E-state index < -0.39 is 0 Å². The number of ether oxygens (including phenoxy) is 3. The second-order valence-electron chi connectivity index (χ2n) is 4.75. The Balaban J connectivity index is 3.10. The van der Waals surface area contributed by atoms with Gasteiger partial charge < -0.3 is 30.2 Å². The first kappa shape index (κ1) is 21.3. The molecule has 0 aliphatic rings. The van der Waals surface area contributed by atoms with Crippen molar-refractivity contribution in [2.75, 3.05) is 72.9 Å². The van der Waals surface area contributed by atoms with Gasteiger partial charge in [0.25, 0.3) is 0 Å². The highest BCUT2D eigenvalue weighted by Crippen LogP contribution is 1.86. The van der Waals surface area contributed by atoms with E-state index in [0.29, 0.717) is 52.6 Å². The molecule has 0 aliphatic carbocycles. The Hall–Kier alpha value is -0.730. The predicted molar refractivity (Wildman–Crippen MR) is 87.2 cm³/mol. The molecule has 0 aromatic carbocycles. The van der Waals surface area contributed by atoms with Crippen molar-refractivity contribution in [2.24, 2.45) is 0 Å². The molecule has 0 unspecified atom stereocenters.